The fourth-order valence-corrected chi connectivity index (χ4v) is 1.17. The highest BCUT2D eigenvalue weighted by atomic mass is 32.2. The molecule has 0 aliphatic heterocycles. The minimum absolute atomic E-state index is 0.178. The summed E-state index contributed by atoms with van der Waals surface area (Å²) < 4.78 is 31.2. The molecule has 84 valence electrons. The number of hydrogen-bond acceptors (Lipinski definition) is 3. The van der Waals surface area contributed by atoms with E-state index in [1.54, 1.807) is 19.1 Å². The SMILES string of the molecule is CC(N)=[NH2+].Cc1ccc(S(=O)(=O)[O-])cc1. The van der Waals surface area contributed by atoms with Crippen molar-refractivity contribution in [1.29, 1.82) is 0 Å². The topological polar surface area (TPSA) is 109 Å². The Morgan fingerprint density at radius 1 is 1.33 bits per heavy atom. The zero-order valence-electron chi connectivity index (χ0n) is 8.60. The van der Waals surface area contributed by atoms with E-state index in [1.165, 1.54) is 12.1 Å². The second kappa shape index (κ2) is 5.47. The first-order valence-corrected chi connectivity index (χ1v) is 5.51. The van der Waals surface area contributed by atoms with Crippen molar-refractivity contribution in [3.63, 3.8) is 0 Å². The van der Waals surface area contributed by atoms with E-state index in [0.29, 0.717) is 5.84 Å². The fraction of sp³-hybridized carbons (Fsp3) is 0.222. The highest BCUT2D eigenvalue weighted by molar-refractivity contribution is 7.85. The van der Waals surface area contributed by atoms with Gasteiger partial charge in [-0.1, -0.05) is 17.7 Å². The lowest BCUT2D eigenvalue weighted by Crippen LogP contribution is -2.43. The molecule has 0 saturated carbocycles. The maximum Gasteiger partial charge on any atom is 0.235 e. The first-order valence-electron chi connectivity index (χ1n) is 4.10. The third-order valence-corrected chi connectivity index (χ3v) is 2.16. The van der Waals surface area contributed by atoms with Gasteiger partial charge in [-0.15, -0.1) is 0 Å². The quantitative estimate of drug-likeness (QED) is 0.367. The molecule has 0 amide bonds. The molecule has 0 spiro atoms. The molecular formula is C9H14N2O3S. The second-order valence-corrected chi connectivity index (χ2v) is 4.39. The van der Waals surface area contributed by atoms with Crippen LogP contribution in [-0.2, 0) is 10.1 Å². The molecule has 0 saturated heterocycles. The highest BCUT2D eigenvalue weighted by Gasteiger charge is 1.97. The Balaban J connectivity index is 0.000000423. The van der Waals surface area contributed by atoms with E-state index in [4.69, 9.17) is 11.1 Å². The maximum atomic E-state index is 10.4. The van der Waals surface area contributed by atoms with Gasteiger partial charge in [-0.05, 0) is 19.1 Å². The predicted molar refractivity (Wildman–Crippen MR) is 55.9 cm³/mol. The summed E-state index contributed by atoms with van der Waals surface area (Å²) in [5.74, 6) is 0.417. The summed E-state index contributed by atoms with van der Waals surface area (Å²) in [7, 11) is -4.27. The molecule has 0 aromatic heterocycles. The molecule has 1 aromatic carbocycles. The summed E-state index contributed by atoms with van der Waals surface area (Å²) in [6.45, 7) is 3.46. The van der Waals surface area contributed by atoms with E-state index in [9.17, 15) is 13.0 Å². The Morgan fingerprint density at radius 2 is 1.67 bits per heavy atom. The van der Waals surface area contributed by atoms with Crippen LogP contribution < -0.4 is 11.1 Å². The van der Waals surface area contributed by atoms with Crippen LogP contribution in [0.25, 0.3) is 0 Å². The Bertz CT molecular complexity index is 419. The lowest BCUT2D eigenvalue weighted by molar-refractivity contribution is -0.115. The van der Waals surface area contributed by atoms with Crippen molar-refractivity contribution in [3.8, 4) is 0 Å². The van der Waals surface area contributed by atoms with Crippen molar-refractivity contribution < 1.29 is 18.4 Å². The molecule has 0 aliphatic rings. The average Bonchev–Trinajstić information content (AvgIpc) is 2.01. The van der Waals surface area contributed by atoms with Gasteiger partial charge in [0.1, 0.15) is 10.1 Å². The van der Waals surface area contributed by atoms with E-state index in [1.807, 2.05) is 6.92 Å². The highest BCUT2D eigenvalue weighted by Crippen LogP contribution is 2.08. The van der Waals surface area contributed by atoms with Crippen LogP contribution in [-0.4, -0.2) is 18.8 Å². The third-order valence-electron chi connectivity index (χ3n) is 1.31. The van der Waals surface area contributed by atoms with Gasteiger partial charge in [-0.3, -0.25) is 11.1 Å². The van der Waals surface area contributed by atoms with Crippen molar-refractivity contribution >= 4 is 16.0 Å². The average molecular weight is 230 g/mol. The molecule has 0 unspecified atom stereocenters. The lowest BCUT2D eigenvalue weighted by Gasteiger charge is -2.05. The molecule has 1 rings (SSSR count). The van der Waals surface area contributed by atoms with Gasteiger partial charge in [0.05, 0.1) is 4.90 Å². The minimum Gasteiger partial charge on any atom is -0.744 e. The van der Waals surface area contributed by atoms with Gasteiger partial charge in [0.2, 0.25) is 5.84 Å². The molecule has 6 heteroatoms. The van der Waals surface area contributed by atoms with Crippen LogP contribution >= 0.6 is 0 Å². The van der Waals surface area contributed by atoms with E-state index in [2.05, 4.69) is 0 Å². The minimum atomic E-state index is -4.27. The summed E-state index contributed by atoms with van der Waals surface area (Å²) in [6.07, 6.45) is 0. The zero-order chi connectivity index (χ0) is 12.1. The summed E-state index contributed by atoms with van der Waals surface area (Å²) in [6, 6.07) is 5.78. The number of nitrogens with two attached hydrogens (primary N) is 2. The summed E-state index contributed by atoms with van der Waals surface area (Å²) >= 11 is 0. The Kier molecular flexibility index (Phi) is 4.96. The van der Waals surface area contributed by atoms with Crippen LogP contribution in [0.3, 0.4) is 0 Å². The van der Waals surface area contributed by atoms with E-state index < -0.39 is 10.1 Å². The van der Waals surface area contributed by atoms with Crippen molar-refractivity contribution in [3.05, 3.63) is 29.8 Å². The standard InChI is InChI=1S/C7H8O3S.C2H6N2/c1-6-2-4-7(5-3-6)11(8,9)10;1-2(3)4/h2-5H,1H3,(H,8,9,10);1H3,(H3,3,4). The first-order chi connectivity index (χ1) is 6.73. The van der Waals surface area contributed by atoms with Crippen LogP contribution in [0.15, 0.2) is 29.2 Å². The van der Waals surface area contributed by atoms with E-state index >= 15 is 0 Å². The fourth-order valence-electron chi connectivity index (χ4n) is 0.705. The van der Waals surface area contributed by atoms with Gasteiger partial charge >= 0.3 is 0 Å². The molecule has 4 N–H and O–H groups in total. The van der Waals surface area contributed by atoms with Crippen LogP contribution in [0.1, 0.15) is 12.5 Å². The number of amidine groups is 1. The molecule has 15 heavy (non-hydrogen) atoms. The third kappa shape index (κ3) is 6.64. The molecule has 5 nitrogen and oxygen atoms in total. The molecule has 0 bridgehead atoms. The van der Waals surface area contributed by atoms with Gasteiger partial charge in [-0.2, -0.15) is 0 Å². The van der Waals surface area contributed by atoms with Crippen LogP contribution in [0.5, 0.6) is 0 Å². The van der Waals surface area contributed by atoms with Gasteiger partial charge in [0.25, 0.3) is 0 Å². The number of aryl methyl sites for hydroxylation is 1. The van der Waals surface area contributed by atoms with Gasteiger partial charge in [0, 0.05) is 6.92 Å². The number of hydrogen-bond donors (Lipinski definition) is 2. The van der Waals surface area contributed by atoms with Crippen molar-refractivity contribution in [2.24, 2.45) is 5.73 Å². The first kappa shape index (κ1) is 13.6. The predicted octanol–water partition coefficient (Wildman–Crippen LogP) is -0.978. The molecule has 0 fully saturated rings. The molecule has 0 atom stereocenters. The van der Waals surface area contributed by atoms with Gasteiger partial charge in [-0.25, -0.2) is 8.42 Å². The van der Waals surface area contributed by atoms with E-state index in [-0.39, 0.29) is 4.90 Å². The van der Waals surface area contributed by atoms with Crippen molar-refractivity contribution in [2.75, 3.05) is 0 Å². The molecular weight excluding hydrogens is 216 g/mol. The molecule has 0 aliphatic carbocycles. The second-order valence-electron chi connectivity index (χ2n) is 3.01. The van der Waals surface area contributed by atoms with Gasteiger partial charge < -0.3 is 4.55 Å². The number of benzene rings is 1. The van der Waals surface area contributed by atoms with Crippen molar-refractivity contribution in [1.82, 2.24) is 0 Å². The molecule has 1 aromatic rings. The van der Waals surface area contributed by atoms with Crippen LogP contribution in [0.4, 0.5) is 0 Å². The van der Waals surface area contributed by atoms with E-state index in [0.717, 1.165) is 5.56 Å². The monoisotopic (exact) mass is 230 g/mol. The lowest BCUT2D eigenvalue weighted by atomic mass is 10.2. The Morgan fingerprint density at radius 3 is 1.93 bits per heavy atom. The van der Waals surface area contributed by atoms with Crippen molar-refractivity contribution in [2.45, 2.75) is 18.7 Å². The summed E-state index contributed by atoms with van der Waals surface area (Å²) in [4.78, 5) is -0.178. The largest absolute Gasteiger partial charge is 0.744 e. The van der Waals surface area contributed by atoms with Gasteiger partial charge in [0.15, 0.2) is 0 Å². The van der Waals surface area contributed by atoms with Crippen LogP contribution in [0.2, 0.25) is 0 Å². The normalized spacial score (nSPS) is 10.1. The zero-order valence-corrected chi connectivity index (χ0v) is 9.41. The Hall–Kier alpha value is -1.40. The number of rotatable bonds is 1. The molecule has 0 heterocycles. The summed E-state index contributed by atoms with van der Waals surface area (Å²) in [5.41, 5.74) is 5.73. The maximum absolute atomic E-state index is 10.4. The summed E-state index contributed by atoms with van der Waals surface area (Å²) in [5, 5.41) is 4.81. The smallest absolute Gasteiger partial charge is 0.235 e. The Labute approximate surface area is 89.2 Å². The molecule has 0 radical (unpaired) electrons. The van der Waals surface area contributed by atoms with Crippen LogP contribution in [0, 0.1) is 6.92 Å².